The molecule has 1 aromatic heterocycles. The quantitative estimate of drug-likeness (QED) is 0.710. The molecule has 0 unspecified atom stereocenters. The maximum absolute atomic E-state index is 12.0. The monoisotopic (exact) mass is 345 g/mol. The van der Waals surface area contributed by atoms with Crippen molar-refractivity contribution in [3.05, 3.63) is 58.1 Å². The zero-order valence-corrected chi connectivity index (χ0v) is 14.4. The lowest BCUT2D eigenvalue weighted by Gasteiger charge is -2.05. The summed E-state index contributed by atoms with van der Waals surface area (Å²) in [7, 11) is 0. The van der Waals surface area contributed by atoms with E-state index in [2.05, 4.69) is 21.7 Å². The van der Waals surface area contributed by atoms with Crippen molar-refractivity contribution >= 4 is 44.3 Å². The second-order valence-corrected chi connectivity index (χ2v) is 6.77. The maximum Gasteiger partial charge on any atom is 0.321 e. The molecule has 1 heterocycles. The average molecular weight is 346 g/mol. The van der Waals surface area contributed by atoms with Gasteiger partial charge < -0.3 is 5.32 Å². The maximum atomic E-state index is 12.0. The molecule has 3 aromatic rings. The van der Waals surface area contributed by atoms with E-state index in [1.54, 1.807) is 12.1 Å². The molecular formula is C17H16ClN3OS. The van der Waals surface area contributed by atoms with Crippen LogP contribution < -0.4 is 10.6 Å². The first-order valence-electron chi connectivity index (χ1n) is 7.19. The summed E-state index contributed by atoms with van der Waals surface area (Å²) >= 11 is 7.33. The van der Waals surface area contributed by atoms with E-state index in [4.69, 9.17) is 11.6 Å². The predicted molar refractivity (Wildman–Crippen MR) is 96.4 cm³/mol. The van der Waals surface area contributed by atoms with Crippen molar-refractivity contribution in [3.63, 3.8) is 0 Å². The Morgan fingerprint density at radius 1 is 1.13 bits per heavy atom. The molecule has 2 N–H and O–H groups in total. The van der Waals surface area contributed by atoms with Gasteiger partial charge in [0.2, 0.25) is 0 Å². The largest absolute Gasteiger partial charge is 0.334 e. The topological polar surface area (TPSA) is 54.0 Å². The van der Waals surface area contributed by atoms with E-state index in [1.165, 1.54) is 11.3 Å². The van der Waals surface area contributed by atoms with E-state index in [1.807, 2.05) is 32.0 Å². The standard InChI is InChI=1S/C17H16ClN3OS/c1-10-3-4-11(2)15-14(10)20-17(23-15)21-16(22)19-9-12-5-7-13(18)8-6-12/h3-8H,9H2,1-2H3,(H2,19,20,21,22). The highest BCUT2D eigenvalue weighted by Gasteiger charge is 2.10. The smallest absolute Gasteiger partial charge is 0.321 e. The summed E-state index contributed by atoms with van der Waals surface area (Å²) in [6, 6.07) is 11.2. The number of thiazole rings is 1. The third-order valence-electron chi connectivity index (χ3n) is 3.53. The van der Waals surface area contributed by atoms with E-state index in [9.17, 15) is 4.79 Å². The van der Waals surface area contributed by atoms with Crippen molar-refractivity contribution in [2.45, 2.75) is 20.4 Å². The molecule has 0 aliphatic rings. The van der Waals surface area contributed by atoms with Crippen LogP contribution in [0.5, 0.6) is 0 Å². The van der Waals surface area contributed by atoms with Gasteiger partial charge in [-0.2, -0.15) is 0 Å². The number of fused-ring (bicyclic) bond motifs is 1. The minimum atomic E-state index is -0.269. The molecule has 0 aliphatic carbocycles. The van der Waals surface area contributed by atoms with Gasteiger partial charge in [-0.1, -0.05) is 47.2 Å². The summed E-state index contributed by atoms with van der Waals surface area (Å²) in [5.74, 6) is 0. The number of halogens is 1. The van der Waals surface area contributed by atoms with Crippen molar-refractivity contribution in [2.75, 3.05) is 5.32 Å². The third-order valence-corrected chi connectivity index (χ3v) is 4.89. The number of aromatic nitrogens is 1. The third kappa shape index (κ3) is 3.63. The zero-order chi connectivity index (χ0) is 16.4. The zero-order valence-electron chi connectivity index (χ0n) is 12.8. The van der Waals surface area contributed by atoms with Gasteiger partial charge >= 0.3 is 6.03 Å². The predicted octanol–water partition coefficient (Wildman–Crippen LogP) is 4.89. The molecule has 0 spiro atoms. The molecule has 118 valence electrons. The Morgan fingerprint density at radius 2 is 1.83 bits per heavy atom. The molecule has 3 rings (SSSR count). The summed E-state index contributed by atoms with van der Waals surface area (Å²) in [6.07, 6.45) is 0. The van der Waals surface area contributed by atoms with Crippen LogP contribution in [-0.4, -0.2) is 11.0 Å². The molecule has 0 bridgehead atoms. The van der Waals surface area contributed by atoms with Gasteiger partial charge in [0.05, 0.1) is 10.2 Å². The van der Waals surface area contributed by atoms with Gasteiger partial charge in [0.15, 0.2) is 5.13 Å². The van der Waals surface area contributed by atoms with Crippen molar-refractivity contribution in [3.8, 4) is 0 Å². The van der Waals surface area contributed by atoms with Crippen LogP contribution in [0.25, 0.3) is 10.2 Å². The number of carbonyl (C=O) groups excluding carboxylic acids is 1. The fourth-order valence-electron chi connectivity index (χ4n) is 2.24. The van der Waals surface area contributed by atoms with Crippen LogP contribution in [0, 0.1) is 13.8 Å². The van der Waals surface area contributed by atoms with Gasteiger partial charge in [-0.05, 0) is 42.7 Å². The molecule has 23 heavy (non-hydrogen) atoms. The Labute approximate surface area is 143 Å². The lowest BCUT2D eigenvalue weighted by atomic mass is 10.1. The van der Waals surface area contributed by atoms with E-state index in [-0.39, 0.29) is 6.03 Å². The number of hydrogen-bond acceptors (Lipinski definition) is 3. The minimum absolute atomic E-state index is 0.269. The molecule has 0 radical (unpaired) electrons. The summed E-state index contributed by atoms with van der Waals surface area (Å²) < 4.78 is 1.11. The second kappa shape index (κ2) is 6.56. The molecule has 0 fully saturated rings. The van der Waals surface area contributed by atoms with Crippen LogP contribution in [0.1, 0.15) is 16.7 Å². The number of urea groups is 1. The van der Waals surface area contributed by atoms with Crippen LogP contribution in [0.3, 0.4) is 0 Å². The molecule has 4 nitrogen and oxygen atoms in total. The van der Waals surface area contributed by atoms with Gasteiger partial charge in [-0.15, -0.1) is 0 Å². The van der Waals surface area contributed by atoms with Crippen molar-refractivity contribution in [1.29, 1.82) is 0 Å². The number of carbonyl (C=O) groups is 1. The SMILES string of the molecule is Cc1ccc(C)c2sc(NC(=O)NCc3ccc(Cl)cc3)nc12. The first-order chi connectivity index (χ1) is 11.0. The van der Waals surface area contributed by atoms with Gasteiger partial charge in [-0.25, -0.2) is 9.78 Å². The second-order valence-electron chi connectivity index (χ2n) is 5.33. The van der Waals surface area contributed by atoms with Gasteiger partial charge in [0.1, 0.15) is 0 Å². The van der Waals surface area contributed by atoms with Gasteiger partial charge in [-0.3, -0.25) is 5.32 Å². The van der Waals surface area contributed by atoms with Crippen LogP contribution >= 0.6 is 22.9 Å². The van der Waals surface area contributed by atoms with Crippen LogP contribution in [0.2, 0.25) is 5.02 Å². The Bertz CT molecular complexity index is 819. The molecule has 0 aliphatic heterocycles. The normalized spacial score (nSPS) is 10.7. The summed E-state index contributed by atoms with van der Waals surface area (Å²) in [5, 5.41) is 6.89. The van der Waals surface area contributed by atoms with E-state index >= 15 is 0 Å². The number of nitrogens with one attached hydrogen (secondary N) is 2. The number of nitrogens with zero attached hydrogens (tertiary/aromatic N) is 1. The summed E-state index contributed by atoms with van der Waals surface area (Å²) in [5.41, 5.74) is 4.21. The molecule has 0 atom stereocenters. The number of hydrogen-bond donors (Lipinski definition) is 2. The lowest BCUT2D eigenvalue weighted by Crippen LogP contribution is -2.28. The highest BCUT2D eigenvalue weighted by molar-refractivity contribution is 7.22. The van der Waals surface area contributed by atoms with Crippen LogP contribution in [0.15, 0.2) is 36.4 Å². The molecule has 2 aromatic carbocycles. The first kappa shape index (κ1) is 15.8. The van der Waals surface area contributed by atoms with E-state index < -0.39 is 0 Å². The minimum Gasteiger partial charge on any atom is -0.334 e. The molecule has 0 saturated heterocycles. The fraction of sp³-hybridized carbons (Fsp3) is 0.176. The molecule has 6 heteroatoms. The Morgan fingerprint density at radius 3 is 2.52 bits per heavy atom. The molecular weight excluding hydrogens is 330 g/mol. The molecule has 2 amide bonds. The highest BCUT2D eigenvalue weighted by Crippen LogP contribution is 2.30. The number of aryl methyl sites for hydroxylation is 2. The Hall–Kier alpha value is -2.11. The average Bonchev–Trinajstić information content (AvgIpc) is 2.95. The van der Waals surface area contributed by atoms with Crippen molar-refractivity contribution < 1.29 is 4.79 Å². The fourth-order valence-corrected chi connectivity index (χ4v) is 3.37. The van der Waals surface area contributed by atoms with Gasteiger partial charge in [0, 0.05) is 11.6 Å². The number of anilines is 1. The number of amides is 2. The Balaban J connectivity index is 1.67. The Kier molecular flexibility index (Phi) is 4.50. The molecule has 0 saturated carbocycles. The van der Waals surface area contributed by atoms with E-state index in [0.29, 0.717) is 16.7 Å². The first-order valence-corrected chi connectivity index (χ1v) is 8.38. The van der Waals surface area contributed by atoms with Gasteiger partial charge in [0.25, 0.3) is 0 Å². The number of benzene rings is 2. The van der Waals surface area contributed by atoms with Crippen LogP contribution in [-0.2, 0) is 6.54 Å². The lowest BCUT2D eigenvalue weighted by molar-refractivity contribution is 0.251. The van der Waals surface area contributed by atoms with E-state index in [0.717, 1.165) is 26.9 Å². The highest BCUT2D eigenvalue weighted by atomic mass is 35.5. The van der Waals surface area contributed by atoms with Crippen molar-refractivity contribution in [1.82, 2.24) is 10.3 Å². The number of rotatable bonds is 3. The van der Waals surface area contributed by atoms with Crippen molar-refractivity contribution in [2.24, 2.45) is 0 Å². The summed E-state index contributed by atoms with van der Waals surface area (Å²) in [6.45, 7) is 4.50. The summed E-state index contributed by atoms with van der Waals surface area (Å²) in [4.78, 5) is 16.5. The van der Waals surface area contributed by atoms with Crippen LogP contribution in [0.4, 0.5) is 9.93 Å².